The lowest BCUT2D eigenvalue weighted by Crippen LogP contribution is -2.17. The van der Waals surface area contributed by atoms with Gasteiger partial charge in [-0.1, -0.05) is 12.1 Å². The average molecular weight is 315 g/mol. The van der Waals surface area contributed by atoms with Crippen molar-refractivity contribution in [2.24, 2.45) is 0 Å². The summed E-state index contributed by atoms with van der Waals surface area (Å²) in [5.41, 5.74) is 0.625. The Kier molecular flexibility index (Phi) is 4.93. The fourth-order valence-corrected chi connectivity index (χ4v) is 5.46. The Balaban J connectivity index is 1.84. The predicted molar refractivity (Wildman–Crippen MR) is 81.1 cm³/mol. The molecule has 0 spiro atoms. The van der Waals surface area contributed by atoms with E-state index in [9.17, 15) is 13.2 Å². The molecule has 1 saturated heterocycles. The van der Waals surface area contributed by atoms with E-state index in [0.29, 0.717) is 17.9 Å². The summed E-state index contributed by atoms with van der Waals surface area (Å²) in [6, 6.07) is 7.18. The van der Waals surface area contributed by atoms with Crippen LogP contribution in [0.15, 0.2) is 24.3 Å². The van der Waals surface area contributed by atoms with Gasteiger partial charge in [0.25, 0.3) is 0 Å². The van der Waals surface area contributed by atoms with E-state index in [4.69, 9.17) is 4.74 Å². The summed E-state index contributed by atoms with van der Waals surface area (Å²) >= 11 is 1.40. The van der Waals surface area contributed by atoms with Crippen LogP contribution >= 0.6 is 11.8 Å². The number of methoxy groups -OCH3 is 1. The predicted octanol–water partition coefficient (Wildman–Crippen LogP) is 1.55. The Morgan fingerprint density at radius 1 is 1.45 bits per heavy atom. The number of carbonyl (C=O) groups excluding carboxylic acids is 1. The van der Waals surface area contributed by atoms with Gasteiger partial charge >= 0.3 is 0 Å². The van der Waals surface area contributed by atoms with Crippen molar-refractivity contribution < 1.29 is 17.9 Å². The number of benzene rings is 1. The van der Waals surface area contributed by atoms with Gasteiger partial charge in [0.2, 0.25) is 5.91 Å². The number of para-hydroxylation sites is 2. The number of anilines is 1. The fourth-order valence-electron chi connectivity index (χ4n) is 2.02. The lowest BCUT2D eigenvalue weighted by molar-refractivity contribution is -0.113. The SMILES string of the molecule is COc1ccccc1NC(=O)CS[C@H]1CCS(=O)(=O)C1. The lowest BCUT2D eigenvalue weighted by atomic mass is 10.3. The Morgan fingerprint density at radius 2 is 2.20 bits per heavy atom. The van der Waals surface area contributed by atoms with E-state index in [1.807, 2.05) is 12.1 Å². The molecule has 20 heavy (non-hydrogen) atoms. The van der Waals surface area contributed by atoms with Gasteiger partial charge in [-0.3, -0.25) is 4.79 Å². The third-order valence-electron chi connectivity index (χ3n) is 3.02. The maximum absolute atomic E-state index is 11.9. The molecular formula is C13H17NO4S2. The van der Waals surface area contributed by atoms with E-state index in [1.165, 1.54) is 11.8 Å². The third-order valence-corrected chi connectivity index (χ3v) is 6.30. The Hall–Kier alpha value is -1.21. The minimum Gasteiger partial charge on any atom is -0.495 e. The number of rotatable bonds is 5. The first-order valence-corrected chi connectivity index (χ1v) is 9.12. The van der Waals surface area contributed by atoms with Gasteiger partial charge in [-0.05, 0) is 18.6 Å². The van der Waals surface area contributed by atoms with Crippen LogP contribution in [-0.4, -0.2) is 43.9 Å². The van der Waals surface area contributed by atoms with Gasteiger partial charge in [-0.15, -0.1) is 11.8 Å². The van der Waals surface area contributed by atoms with E-state index in [2.05, 4.69) is 5.32 Å². The monoisotopic (exact) mass is 315 g/mol. The lowest BCUT2D eigenvalue weighted by Gasteiger charge is -2.11. The zero-order chi connectivity index (χ0) is 14.6. The minimum absolute atomic E-state index is 0.0309. The topological polar surface area (TPSA) is 72.5 Å². The quantitative estimate of drug-likeness (QED) is 0.892. The number of ether oxygens (including phenoxy) is 1. The molecule has 1 aromatic carbocycles. The zero-order valence-corrected chi connectivity index (χ0v) is 12.8. The van der Waals surface area contributed by atoms with Crippen LogP contribution < -0.4 is 10.1 Å². The molecule has 0 aromatic heterocycles. The molecule has 1 heterocycles. The summed E-state index contributed by atoms with van der Waals surface area (Å²) < 4.78 is 27.8. The normalized spacial score (nSPS) is 20.6. The number of hydrogen-bond acceptors (Lipinski definition) is 5. The van der Waals surface area contributed by atoms with Gasteiger partial charge in [0.15, 0.2) is 9.84 Å². The highest BCUT2D eigenvalue weighted by Gasteiger charge is 2.28. The van der Waals surface area contributed by atoms with Crippen LogP contribution in [0.3, 0.4) is 0 Å². The van der Waals surface area contributed by atoms with Crippen molar-refractivity contribution in [2.45, 2.75) is 11.7 Å². The van der Waals surface area contributed by atoms with Gasteiger partial charge in [-0.25, -0.2) is 8.42 Å². The van der Waals surface area contributed by atoms with Crippen LogP contribution in [0.4, 0.5) is 5.69 Å². The van der Waals surface area contributed by atoms with Crippen molar-refractivity contribution in [3.05, 3.63) is 24.3 Å². The Morgan fingerprint density at radius 3 is 2.85 bits per heavy atom. The van der Waals surface area contributed by atoms with Crippen molar-refractivity contribution in [3.8, 4) is 5.75 Å². The molecule has 1 fully saturated rings. The number of sulfone groups is 1. The molecule has 0 saturated carbocycles. The molecule has 7 heteroatoms. The van der Waals surface area contributed by atoms with E-state index in [0.717, 1.165) is 0 Å². The van der Waals surface area contributed by atoms with E-state index in [-0.39, 0.29) is 28.4 Å². The smallest absolute Gasteiger partial charge is 0.234 e. The summed E-state index contributed by atoms with van der Waals surface area (Å²) in [4.78, 5) is 11.9. The average Bonchev–Trinajstić information content (AvgIpc) is 2.77. The first kappa shape index (κ1) is 15.2. The summed E-state index contributed by atoms with van der Waals surface area (Å²) in [6.07, 6.45) is 0.634. The molecule has 110 valence electrons. The van der Waals surface area contributed by atoms with Crippen LogP contribution in [0.1, 0.15) is 6.42 Å². The number of nitrogens with one attached hydrogen (secondary N) is 1. The Bertz CT molecular complexity index is 586. The molecule has 0 aliphatic carbocycles. The van der Waals surface area contributed by atoms with Crippen LogP contribution in [0.2, 0.25) is 0 Å². The van der Waals surface area contributed by atoms with Gasteiger partial charge in [-0.2, -0.15) is 0 Å². The second kappa shape index (κ2) is 6.49. The number of hydrogen-bond donors (Lipinski definition) is 1. The summed E-state index contributed by atoms with van der Waals surface area (Å²) in [6.45, 7) is 0. The zero-order valence-electron chi connectivity index (χ0n) is 11.2. The van der Waals surface area contributed by atoms with Gasteiger partial charge in [0.1, 0.15) is 5.75 Å². The van der Waals surface area contributed by atoms with E-state index < -0.39 is 9.84 Å². The fraction of sp³-hybridized carbons (Fsp3) is 0.462. The first-order valence-electron chi connectivity index (χ1n) is 6.25. The van der Waals surface area contributed by atoms with Crippen molar-refractivity contribution in [1.82, 2.24) is 0 Å². The Labute approximate surface area is 123 Å². The van der Waals surface area contributed by atoms with E-state index >= 15 is 0 Å². The van der Waals surface area contributed by atoms with E-state index in [1.54, 1.807) is 19.2 Å². The molecular weight excluding hydrogens is 298 g/mol. The van der Waals surface area contributed by atoms with Crippen molar-refractivity contribution in [2.75, 3.05) is 29.7 Å². The molecule has 0 radical (unpaired) electrons. The maximum Gasteiger partial charge on any atom is 0.234 e. The molecule has 1 aliphatic rings. The summed E-state index contributed by atoms with van der Waals surface area (Å²) in [5, 5.41) is 2.80. The molecule has 1 aliphatic heterocycles. The maximum atomic E-state index is 11.9. The van der Waals surface area contributed by atoms with Gasteiger partial charge < -0.3 is 10.1 Å². The largest absolute Gasteiger partial charge is 0.495 e. The van der Waals surface area contributed by atoms with Crippen molar-refractivity contribution in [1.29, 1.82) is 0 Å². The first-order chi connectivity index (χ1) is 9.50. The third kappa shape index (κ3) is 4.14. The van der Waals surface area contributed by atoms with Crippen LogP contribution in [0, 0.1) is 0 Å². The highest BCUT2D eigenvalue weighted by Crippen LogP contribution is 2.26. The minimum atomic E-state index is -2.89. The number of thioether (sulfide) groups is 1. The molecule has 1 atom stereocenters. The molecule has 2 rings (SSSR count). The molecule has 5 nitrogen and oxygen atoms in total. The highest BCUT2D eigenvalue weighted by atomic mass is 32.2. The highest BCUT2D eigenvalue weighted by molar-refractivity contribution is 8.02. The van der Waals surface area contributed by atoms with Crippen molar-refractivity contribution in [3.63, 3.8) is 0 Å². The molecule has 1 amide bonds. The molecule has 0 unspecified atom stereocenters. The summed E-state index contributed by atoms with van der Waals surface area (Å²) in [7, 11) is -1.34. The standard InChI is InChI=1S/C13H17NO4S2/c1-18-12-5-3-2-4-11(12)14-13(15)8-19-10-6-7-20(16,17)9-10/h2-5,10H,6-9H2,1H3,(H,14,15)/t10-/m0/s1. The van der Waals surface area contributed by atoms with Crippen LogP contribution in [-0.2, 0) is 14.6 Å². The van der Waals surface area contributed by atoms with Gasteiger partial charge in [0, 0.05) is 5.25 Å². The second-order valence-electron chi connectivity index (χ2n) is 4.58. The number of carbonyl (C=O) groups is 1. The van der Waals surface area contributed by atoms with Crippen LogP contribution in [0.25, 0.3) is 0 Å². The number of amides is 1. The molecule has 1 N–H and O–H groups in total. The van der Waals surface area contributed by atoms with Crippen LogP contribution in [0.5, 0.6) is 5.75 Å². The molecule has 0 bridgehead atoms. The second-order valence-corrected chi connectivity index (χ2v) is 8.10. The van der Waals surface area contributed by atoms with Crippen molar-refractivity contribution >= 4 is 33.2 Å². The summed E-state index contributed by atoms with van der Waals surface area (Å²) in [5.74, 6) is 1.12. The molecule has 1 aromatic rings. The van der Waals surface area contributed by atoms with Gasteiger partial charge in [0.05, 0.1) is 30.1 Å².